The molecule has 1 unspecified atom stereocenters. The van der Waals surface area contributed by atoms with Crippen LogP contribution in [0.4, 0.5) is 0 Å². The third-order valence-electron chi connectivity index (χ3n) is 4.09. The zero-order valence-corrected chi connectivity index (χ0v) is 17.4. The van der Waals surface area contributed by atoms with E-state index >= 15 is 0 Å². The molecule has 2 rings (SSSR count). The summed E-state index contributed by atoms with van der Waals surface area (Å²) < 4.78 is 7.47. The van der Waals surface area contributed by atoms with Crippen molar-refractivity contribution in [1.82, 2.24) is 25.4 Å². The van der Waals surface area contributed by atoms with Gasteiger partial charge in [0.1, 0.15) is 17.9 Å². The van der Waals surface area contributed by atoms with Crippen LogP contribution in [0.15, 0.2) is 40.5 Å². The quantitative estimate of drug-likeness (QED) is 0.369. The van der Waals surface area contributed by atoms with Gasteiger partial charge in [0.15, 0.2) is 5.96 Å². The highest BCUT2D eigenvalue weighted by molar-refractivity contribution is 7.99. The molecule has 0 radical (unpaired) electrons. The van der Waals surface area contributed by atoms with E-state index in [1.54, 1.807) is 20.5 Å². The van der Waals surface area contributed by atoms with Gasteiger partial charge in [-0.15, -0.1) is 22.0 Å². The van der Waals surface area contributed by atoms with Crippen molar-refractivity contribution in [3.8, 4) is 5.75 Å². The SMILES string of the molecule is CCc1nncn1CCNC(=NC)NCC(C)CSc1ccccc1OC. The second-order valence-corrected chi connectivity index (χ2v) is 7.30. The van der Waals surface area contributed by atoms with E-state index in [2.05, 4.69) is 50.3 Å². The summed E-state index contributed by atoms with van der Waals surface area (Å²) in [5.74, 6) is 4.24. The fourth-order valence-corrected chi connectivity index (χ4v) is 3.61. The summed E-state index contributed by atoms with van der Waals surface area (Å²) in [7, 11) is 3.50. The highest BCUT2D eigenvalue weighted by Crippen LogP contribution is 2.29. The molecule has 0 aliphatic rings. The molecule has 0 aliphatic carbocycles. The molecule has 1 heterocycles. The Morgan fingerprint density at radius 3 is 2.89 bits per heavy atom. The molecule has 1 aromatic carbocycles. The molecular weight excluding hydrogens is 360 g/mol. The first-order valence-corrected chi connectivity index (χ1v) is 10.2. The van der Waals surface area contributed by atoms with Crippen molar-refractivity contribution in [2.24, 2.45) is 10.9 Å². The molecule has 27 heavy (non-hydrogen) atoms. The minimum atomic E-state index is 0.489. The molecule has 0 amide bonds. The Balaban J connectivity index is 1.70. The minimum absolute atomic E-state index is 0.489. The van der Waals surface area contributed by atoms with Crippen LogP contribution in [0.2, 0.25) is 0 Å². The molecule has 0 fully saturated rings. The van der Waals surface area contributed by atoms with E-state index in [1.807, 2.05) is 30.0 Å². The lowest BCUT2D eigenvalue weighted by molar-refractivity contribution is 0.405. The number of para-hydroxylation sites is 1. The molecule has 0 saturated heterocycles. The predicted octanol–water partition coefficient (Wildman–Crippen LogP) is 2.44. The van der Waals surface area contributed by atoms with Crippen LogP contribution in [0.1, 0.15) is 19.7 Å². The van der Waals surface area contributed by atoms with Crippen LogP contribution in [-0.4, -0.2) is 53.7 Å². The van der Waals surface area contributed by atoms with Crippen molar-refractivity contribution in [3.63, 3.8) is 0 Å². The average Bonchev–Trinajstić information content (AvgIpc) is 3.16. The molecule has 0 bridgehead atoms. The number of rotatable bonds is 10. The summed E-state index contributed by atoms with van der Waals surface area (Å²) in [4.78, 5) is 5.47. The van der Waals surface area contributed by atoms with Crippen LogP contribution in [0, 0.1) is 5.92 Å². The molecule has 0 aliphatic heterocycles. The number of ether oxygens (including phenoxy) is 1. The molecule has 0 spiro atoms. The zero-order valence-electron chi connectivity index (χ0n) is 16.6. The Kier molecular flexibility index (Phi) is 8.97. The molecular formula is C19H30N6OS. The van der Waals surface area contributed by atoms with E-state index in [0.29, 0.717) is 5.92 Å². The third-order valence-corrected chi connectivity index (χ3v) is 5.48. The van der Waals surface area contributed by atoms with Crippen LogP contribution in [0.25, 0.3) is 0 Å². The predicted molar refractivity (Wildman–Crippen MR) is 112 cm³/mol. The maximum Gasteiger partial charge on any atom is 0.191 e. The second kappa shape index (κ2) is 11.5. The summed E-state index contributed by atoms with van der Waals surface area (Å²) in [6, 6.07) is 8.13. The normalized spacial score (nSPS) is 12.7. The van der Waals surface area contributed by atoms with E-state index < -0.39 is 0 Å². The van der Waals surface area contributed by atoms with Gasteiger partial charge in [0, 0.05) is 43.8 Å². The van der Waals surface area contributed by atoms with E-state index in [1.165, 1.54) is 4.90 Å². The van der Waals surface area contributed by atoms with Gasteiger partial charge in [-0.05, 0) is 18.1 Å². The van der Waals surface area contributed by atoms with Crippen LogP contribution in [0.5, 0.6) is 5.75 Å². The molecule has 2 aromatic rings. The maximum atomic E-state index is 5.41. The Hall–Kier alpha value is -2.22. The highest BCUT2D eigenvalue weighted by atomic mass is 32.2. The zero-order chi connectivity index (χ0) is 19.5. The van der Waals surface area contributed by atoms with Crippen molar-refractivity contribution in [3.05, 3.63) is 36.4 Å². The van der Waals surface area contributed by atoms with Gasteiger partial charge in [0.05, 0.1) is 7.11 Å². The van der Waals surface area contributed by atoms with E-state index in [-0.39, 0.29) is 0 Å². The Morgan fingerprint density at radius 1 is 1.33 bits per heavy atom. The van der Waals surface area contributed by atoms with E-state index in [0.717, 1.165) is 49.3 Å². The van der Waals surface area contributed by atoms with Crippen LogP contribution < -0.4 is 15.4 Å². The number of benzene rings is 1. The molecule has 2 N–H and O–H groups in total. The lowest BCUT2D eigenvalue weighted by Gasteiger charge is -2.16. The van der Waals surface area contributed by atoms with Crippen molar-refractivity contribution >= 4 is 17.7 Å². The third kappa shape index (κ3) is 6.78. The van der Waals surface area contributed by atoms with E-state index in [4.69, 9.17) is 4.74 Å². The summed E-state index contributed by atoms with van der Waals surface area (Å²) >= 11 is 1.82. The first kappa shape index (κ1) is 21.1. The highest BCUT2D eigenvalue weighted by Gasteiger charge is 2.08. The van der Waals surface area contributed by atoms with Gasteiger partial charge in [-0.2, -0.15) is 0 Å². The summed E-state index contributed by atoms with van der Waals surface area (Å²) in [5, 5.41) is 14.8. The monoisotopic (exact) mass is 390 g/mol. The second-order valence-electron chi connectivity index (χ2n) is 6.24. The Labute approximate surface area is 166 Å². The molecule has 7 nitrogen and oxygen atoms in total. The Morgan fingerprint density at radius 2 is 2.15 bits per heavy atom. The lowest BCUT2D eigenvalue weighted by Crippen LogP contribution is -2.41. The number of guanidine groups is 1. The number of aryl methyl sites for hydroxylation is 1. The Bertz CT molecular complexity index is 718. The van der Waals surface area contributed by atoms with Gasteiger partial charge in [0.25, 0.3) is 0 Å². The van der Waals surface area contributed by atoms with Gasteiger partial charge in [-0.3, -0.25) is 4.99 Å². The van der Waals surface area contributed by atoms with Crippen molar-refractivity contribution < 1.29 is 4.74 Å². The van der Waals surface area contributed by atoms with Crippen molar-refractivity contribution in [2.75, 3.05) is 33.0 Å². The minimum Gasteiger partial charge on any atom is -0.496 e. The fraction of sp³-hybridized carbons (Fsp3) is 0.526. The number of nitrogens with one attached hydrogen (secondary N) is 2. The maximum absolute atomic E-state index is 5.41. The van der Waals surface area contributed by atoms with Gasteiger partial charge in [0.2, 0.25) is 0 Å². The largest absolute Gasteiger partial charge is 0.496 e. The topological polar surface area (TPSA) is 76.4 Å². The number of thioether (sulfide) groups is 1. The number of methoxy groups -OCH3 is 1. The van der Waals surface area contributed by atoms with Crippen molar-refractivity contribution in [1.29, 1.82) is 0 Å². The molecule has 1 atom stereocenters. The van der Waals surface area contributed by atoms with Gasteiger partial charge >= 0.3 is 0 Å². The number of aliphatic imine (C=N–C) groups is 1. The molecule has 148 valence electrons. The first-order valence-electron chi connectivity index (χ1n) is 9.24. The van der Waals surface area contributed by atoms with Crippen LogP contribution in [-0.2, 0) is 13.0 Å². The van der Waals surface area contributed by atoms with E-state index in [9.17, 15) is 0 Å². The number of nitrogens with zero attached hydrogens (tertiary/aromatic N) is 4. The fourth-order valence-electron chi connectivity index (χ4n) is 2.55. The van der Waals surface area contributed by atoms with Gasteiger partial charge < -0.3 is 19.9 Å². The summed E-state index contributed by atoms with van der Waals surface area (Å²) in [6.45, 7) is 6.76. The van der Waals surface area contributed by atoms with Gasteiger partial charge in [-0.25, -0.2) is 0 Å². The number of aromatic nitrogens is 3. The molecule has 8 heteroatoms. The van der Waals surface area contributed by atoms with Crippen molar-refractivity contribution in [2.45, 2.75) is 31.7 Å². The summed E-state index contributed by atoms with van der Waals surface area (Å²) in [5.41, 5.74) is 0. The van der Waals surface area contributed by atoms with Crippen LogP contribution >= 0.6 is 11.8 Å². The van der Waals surface area contributed by atoms with Gasteiger partial charge in [-0.1, -0.05) is 26.0 Å². The smallest absolute Gasteiger partial charge is 0.191 e. The number of hydrogen-bond donors (Lipinski definition) is 2. The average molecular weight is 391 g/mol. The van der Waals surface area contributed by atoms with Crippen LogP contribution in [0.3, 0.4) is 0 Å². The summed E-state index contributed by atoms with van der Waals surface area (Å²) in [6.07, 6.45) is 2.65. The molecule has 0 saturated carbocycles. The number of hydrogen-bond acceptors (Lipinski definition) is 5. The standard InChI is InChI=1S/C19H30N6OS/c1-5-18-24-23-14-25(18)11-10-21-19(20-3)22-12-15(2)13-27-17-9-7-6-8-16(17)26-4/h6-9,14-15H,5,10-13H2,1-4H3,(H2,20,21,22). The lowest BCUT2D eigenvalue weighted by atomic mass is 10.2. The molecule has 1 aromatic heterocycles. The first-order chi connectivity index (χ1) is 13.2.